The van der Waals surface area contributed by atoms with Gasteiger partial charge in [0, 0.05) is 13.0 Å². The molecule has 0 saturated carbocycles. The Kier molecular flexibility index (Phi) is 3.94. The van der Waals surface area contributed by atoms with Gasteiger partial charge in [-0.3, -0.25) is 4.79 Å². The van der Waals surface area contributed by atoms with E-state index < -0.39 is 0 Å². The van der Waals surface area contributed by atoms with Crippen molar-refractivity contribution in [3.63, 3.8) is 0 Å². The van der Waals surface area contributed by atoms with E-state index in [-0.39, 0.29) is 6.10 Å². The molecule has 0 amide bonds. The zero-order chi connectivity index (χ0) is 8.10. The molecule has 3 heteroatoms. The molecule has 1 aliphatic heterocycles. The molecule has 64 valence electrons. The lowest BCUT2D eigenvalue weighted by Crippen LogP contribution is -2.13. The number of ether oxygens (including phenoxy) is 1. The summed E-state index contributed by atoms with van der Waals surface area (Å²) in [4.78, 5) is 11.1. The van der Waals surface area contributed by atoms with Gasteiger partial charge in [0.2, 0.25) is 0 Å². The van der Waals surface area contributed by atoms with Crippen LogP contribution < -0.4 is 0 Å². The van der Waals surface area contributed by atoms with Crippen LogP contribution >= 0.6 is 11.8 Å². The summed E-state index contributed by atoms with van der Waals surface area (Å²) in [5.41, 5.74) is 0. The summed E-state index contributed by atoms with van der Waals surface area (Å²) in [5.74, 6) is 0.962. The number of Topliss-reactive ketones (excluding diaryl/α,β-unsaturated/α-hetero) is 1. The van der Waals surface area contributed by atoms with Gasteiger partial charge in [-0.2, -0.15) is 11.8 Å². The average Bonchev–Trinajstić information content (AvgIpc) is 2.40. The topological polar surface area (TPSA) is 26.3 Å². The summed E-state index contributed by atoms with van der Waals surface area (Å²) in [7, 11) is 0. The van der Waals surface area contributed by atoms with E-state index >= 15 is 0 Å². The summed E-state index contributed by atoms with van der Waals surface area (Å²) in [5, 5.41) is 0. The molecule has 1 heterocycles. The zero-order valence-electron chi connectivity index (χ0n) is 6.84. The van der Waals surface area contributed by atoms with Gasteiger partial charge in [-0.05, 0) is 19.1 Å². The Morgan fingerprint density at radius 1 is 1.73 bits per heavy atom. The monoisotopic (exact) mass is 174 g/mol. The summed E-state index contributed by atoms with van der Waals surface area (Å²) in [6, 6.07) is 0. The van der Waals surface area contributed by atoms with E-state index in [4.69, 9.17) is 4.74 Å². The largest absolute Gasteiger partial charge is 0.378 e. The molecule has 0 aliphatic carbocycles. The van der Waals surface area contributed by atoms with Crippen molar-refractivity contribution in [2.75, 3.05) is 18.6 Å². The fourth-order valence-electron chi connectivity index (χ4n) is 1.28. The van der Waals surface area contributed by atoms with E-state index in [9.17, 15) is 4.79 Å². The lowest BCUT2D eigenvalue weighted by atomic mass is 10.1. The van der Waals surface area contributed by atoms with Crippen molar-refractivity contribution in [1.82, 2.24) is 0 Å². The van der Waals surface area contributed by atoms with Crippen LogP contribution in [-0.4, -0.2) is 30.5 Å². The zero-order valence-corrected chi connectivity index (χ0v) is 7.65. The molecule has 0 aromatic rings. The van der Waals surface area contributed by atoms with Crippen molar-refractivity contribution >= 4 is 17.5 Å². The van der Waals surface area contributed by atoms with Gasteiger partial charge in [0.15, 0.2) is 0 Å². The van der Waals surface area contributed by atoms with E-state index in [1.807, 2.05) is 6.26 Å². The molecule has 2 nitrogen and oxygen atoms in total. The smallest absolute Gasteiger partial charge is 0.145 e. The Hall–Kier alpha value is -0.0200. The average molecular weight is 174 g/mol. The highest BCUT2D eigenvalue weighted by atomic mass is 32.2. The first-order chi connectivity index (χ1) is 5.33. The Morgan fingerprint density at radius 3 is 3.09 bits per heavy atom. The van der Waals surface area contributed by atoms with Gasteiger partial charge in [-0.15, -0.1) is 0 Å². The molecule has 0 N–H and O–H groups in total. The molecular formula is C8H14O2S. The van der Waals surface area contributed by atoms with Crippen molar-refractivity contribution < 1.29 is 9.53 Å². The molecule has 1 aliphatic rings. The minimum atomic E-state index is 0.231. The maximum Gasteiger partial charge on any atom is 0.145 e. The van der Waals surface area contributed by atoms with Crippen LogP contribution in [0.1, 0.15) is 19.3 Å². The molecule has 1 rings (SSSR count). The standard InChI is InChI=1S/C8H14O2S/c1-11-6-7(9)5-8-3-2-4-10-8/h8H,2-6H2,1H3. The quantitative estimate of drug-likeness (QED) is 0.646. The molecule has 1 unspecified atom stereocenters. The number of hydrogen-bond acceptors (Lipinski definition) is 3. The van der Waals surface area contributed by atoms with Gasteiger partial charge in [-0.25, -0.2) is 0 Å². The predicted molar refractivity (Wildman–Crippen MR) is 47.0 cm³/mol. The number of rotatable bonds is 4. The molecule has 1 atom stereocenters. The van der Waals surface area contributed by atoms with E-state index in [0.717, 1.165) is 19.4 Å². The Morgan fingerprint density at radius 2 is 2.55 bits per heavy atom. The lowest BCUT2D eigenvalue weighted by molar-refractivity contribution is -0.118. The van der Waals surface area contributed by atoms with Crippen molar-refractivity contribution in [2.24, 2.45) is 0 Å². The van der Waals surface area contributed by atoms with E-state index in [1.165, 1.54) is 0 Å². The van der Waals surface area contributed by atoms with E-state index in [2.05, 4.69) is 0 Å². The lowest BCUT2D eigenvalue weighted by Gasteiger charge is -2.06. The summed E-state index contributed by atoms with van der Waals surface area (Å²) in [6.07, 6.45) is 5.00. The summed E-state index contributed by atoms with van der Waals surface area (Å²) < 4.78 is 5.34. The van der Waals surface area contributed by atoms with Gasteiger partial charge in [0.1, 0.15) is 5.78 Å². The first-order valence-corrected chi connectivity index (χ1v) is 5.34. The fraction of sp³-hybridized carbons (Fsp3) is 0.875. The molecule has 1 fully saturated rings. The fourth-order valence-corrected chi connectivity index (χ4v) is 1.72. The van der Waals surface area contributed by atoms with Gasteiger partial charge in [-0.1, -0.05) is 0 Å². The minimum absolute atomic E-state index is 0.231. The number of hydrogen-bond donors (Lipinski definition) is 0. The van der Waals surface area contributed by atoms with Gasteiger partial charge in [0.05, 0.1) is 11.9 Å². The highest BCUT2D eigenvalue weighted by molar-refractivity contribution is 7.99. The molecule has 0 radical (unpaired) electrons. The number of carbonyl (C=O) groups excluding carboxylic acids is 1. The van der Waals surface area contributed by atoms with Gasteiger partial charge in [0.25, 0.3) is 0 Å². The van der Waals surface area contributed by atoms with Crippen LogP contribution in [0, 0.1) is 0 Å². The second-order valence-electron chi connectivity index (χ2n) is 2.81. The van der Waals surface area contributed by atoms with Crippen molar-refractivity contribution in [2.45, 2.75) is 25.4 Å². The number of ketones is 1. The van der Waals surface area contributed by atoms with Crippen LogP contribution in [0.4, 0.5) is 0 Å². The number of thioether (sulfide) groups is 1. The molecular weight excluding hydrogens is 160 g/mol. The second kappa shape index (κ2) is 4.78. The van der Waals surface area contributed by atoms with Crippen molar-refractivity contribution in [1.29, 1.82) is 0 Å². The highest BCUT2D eigenvalue weighted by Crippen LogP contribution is 2.15. The summed E-state index contributed by atoms with van der Waals surface area (Å²) in [6.45, 7) is 0.844. The predicted octanol–water partition coefficient (Wildman–Crippen LogP) is 1.49. The minimum Gasteiger partial charge on any atom is -0.378 e. The third-order valence-corrected chi connectivity index (χ3v) is 2.40. The van der Waals surface area contributed by atoms with Crippen LogP contribution in [0.3, 0.4) is 0 Å². The second-order valence-corrected chi connectivity index (χ2v) is 3.68. The number of carbonyl (C=O) groups is 1. The Labute approximate surface area is 71.7 Å². The highest BCUT2D eigenvalue weighted by Gasteiger charge is 2.18. The van der Waals surface area contributed by atoms with Crippen LogP contribution in [0.2, 0.25) is 0 Å². The van der Waals surface area contributed by atoms with Crippen LogP contribution in [0.15, 0.2) is 0 Å². The first-order valence-electron chi connectivity index (χ1n) is 3.95. The van der Waals surface area contributed by atoms with Crippen LogP contribution in [-0.2, 0) is 9.53 Å². The maximum atomic E-state index is 11.1. The normalized spacial score (nSPS) is 23.9. The Balaban J connectivity index is 2.13. The van der Waals surface area contributed by atoms with Gasteiger partial charge < -0.3 is 4.74 Å². The molecule has 11 heavy (non-hydrogen) atoms. The SMILES string of the molecule is CSCC(=O)CC1CCCO1. The van der Waals surface area contributed by atoms with Crippen LogP contribution in [0.25, 0.3) is 0 Å². The molecule has 0 spiro atoms. The molecule has 0 bridgehead atoms. The molecule has 0 aromatic carbocycles. The third kappa shape index (κ3) is 3.25. The van der Waals surface area contributed by atoms with Crippen molar-refractivity contribution in [3.8, 4) is 0 Å². The maximum absolute atomic E-state index is 11.1. The van der Waals surface area contributed by atoms with Crippen LogP contribution in [0.5, 0.6) is 0 Å². The van der Waals surface area contributed by atoms with Gasteiger partial charge >= 0.3 is 0 Å². The van der Waals surface area contributed by atoms with Crippen molar-refractivity contribution in [3.05, 3.63) is 0 Å². The molecule has 0 aromatic heterocycles. The van der Waals surface area contributed by atoms with E-state index in [0.29, 0.717) is 18.0 Å². The molecule has 1 saturated heterocycles. The first kappa shape index (κ1) is 9.07. The summed E-state index contributed by atoms with van der Waals surface area (Å²) >= 11 is 1.59. The third-order valence-electron chi connectivity index (χ3n) is 1.78. The van der Waals surface area contributed by atoms with E-state index in [1.54, 1.807) is 11.8 Å². The Bertz CT molecular complexity index is 130.